The van der Waals surface area contributed by atoms with Crippen LogP contribution in [0.25, 0.3) is 0 Å². The van der Waals surface area contributed by atoms with E-state index in [-0.39, 0.29) is 22.2 Å². The van der Waals surface area contributed by atoms with Crippen LogP contribution >= 0.6 is 11.3 Å². The third-order valence-corrected chi connectivity index (χ3v) is 4.87. The molecule has 0 fully saturated rings. The van der Waals surface area contributed by atoms with Crippen molar-refractivity contribution in [2.45, 2.75) is 4.90 Å². The van der Waals surface area contributed by atoms with Crippen LogP contribution in [0.1, 0.15) is 9.67 Å². The summed E-state index contributed by atoms with van der Waals surface area (Å²) in [6, 6.07) is 7.07. The summed E-state index contributed by atoms with van der Waals surface area (Å²) in [5.74, 6) is -0.379. The van der Waals surface area contributed by atoms with Gasteiger partial charge in [0.05, 0.1) is 15.5 Å². The lowest BCUT2D eigenvalue weighted by Crippen LogP contribution is -2.16. The fourth-order valence-electron chi connectivity index (χ4n) is 1.49. The van der Waals surface area contributed by atoms with Gasteiger partial charge in [-0.1, -0.05) is 6.07 Å². The van der Waals surface area contributed by atoms with E-state index < -0.39 is 10.0 Å². The molecule has 6 nitrogen and oxygen atoms in total. The number of benzene rings is 1. The van der Waals surface area contributed by atoms with Crippen LogP contribution in [0.2, 0.25) is 0 Å². The number of carbonyl (C=O) groups is 1. The number of anilines is 1. The van der Waals surface area contributed by atoms with Gasteiger partial charge in [-0.25, -0.2) is 8.42 Å². The van der Waals surface area contributed by atoms with Crippen molar-refractivity contribution < 1.29 is 18.3 Å². The van der Waals surface area contributed by atoms with Gasteiger partial charge in [0.25, 0.3) is 15.9 Å². The molecular formula is C12H12N2O4S2. The van der Waals surface area contributed by atoms with Crippen LogP contribution in [0.3, 0.4) is 0 Å². The molecule has 1 aromatic heterocycles. The van der Waals surface area contributed by atoms with Crippen LogP contribution in [-0.4, -0.2) is 26.5 Å². The van der Waals surface area contributed by atoms with Crippen molar-refractivity contribution in [3.8, 4) is 5.75 Å². The Balaban J connectivity index is 2.27. The number of amides is 1. The number of thiophene rings is 1. The number of hydrogen-bond donors (Lipinski definition) is 3. The normalized spacial score (nSPS) is 11.1. The van der Waals surface area contributed by atoms with Crippen molar-refractivity contribution in [3.63, 3.8) is 0 Å². The Hall–Kier alpha value is -2.06. The predicted octanol–water partition coefficient (Wildman–Crippen LogP) is 1.61. The van der Waals surface area contributed by atoms with Crippen LogP contribution in [0, 0.1) is 0 Å². The highest BCUT2D eigenvalue weighted by Crippen LogP contribution is 2.23. The van der Waals surface area contributed by atoms with Gasteiger partial charge in [-0.2, -0.15) is 0 Å². The summed E-state index contributed by atoms with van der Waals surface area (Å²) in [5, 5.41) is 13.1. The summed E-state index contributed by atoms with van der Waals surface area (Å²) in [5.41, 5.74) is 0.248. The van der Waals surface area contributed by atoms with Crippen molar-refractivity contribution in [2.75, 3.05) is 11.8 Å². The number of phenolic OH excluding ortho intramolecular Hbond substituents is 1. The Morgan fingerprint density at radius 3 is 2.70 bits per heavy atom. The molecule has 0 spiro atoms. The van der Waals surface area contributed by atoms with Gasteiger partial charge in [-0.05, 0) is 18.2 Å². The summed E-state index contributed by atoms with van der Waals surface area (Å²) in [6.07, 6.45) is 0. The van der Waals surface area contributed by atoms with Crippen molar-refractivity contribution in [3.05, 3.63) is 40.6 Å². The van der Waals surface area contributed by atoms with E-state index >= 15 is 0 Å². The molecule has 106 valence electrons. The first-order valence-corrected chi connectivity index (χ1v) is 7.91. The van der Waals surface area contributed by atoms with Crippen molar-refractivity contribution >= 4 is 33.0 Å². The first-order valence-electron chi connectivity index (χ1n) is 5.55. The van der Waals surface area contributed by atoms with E-state index in [4.69, 9.17) is 0 Å². The number of nitrogens with one attached hydrogen (secondary N) is 2. The molecule has 0 saturated carbocycles. The van der Waals surface area contributed by atoms with Gasteiger partial charge in [-0.15, -0.1) is 11.3 Å². The number of carbonyl (C=O) groups excluding carboxylic acids is 1. The smallest absolute Gasteiger partial charge is 0.262 e. The summed E-state index contributed by atoms with van der Waals surface area (Å²) >= 11 is 1.04. The molecule has 0 unspecified atom stereocenters. The quantitative estimate of drug-likeness (QED) is 0.799. The monoisotopic (exact) mass is 312 g/mol. The maximum absolute atomic E-state index is 12.1. The topological polar surface area (TPSA) is 95.5 Å². The molecular weight excluding hydrogens is 300 g/mol. The van der Waals surface area contributed by atoms with E-state index in [0.717, 1.165) is 11.3 Å². The molecule has 0 aliphatic carbocycles. The molecule has 0 saturated heterocycles. The van der Waals surface area contributed by atoms with Crippen LogP contribution in [0.4, 0.5) is 5.69 Å². The lowest BCUT2D eigenvalue weighted by atomic mass is 10.3. The Labute approximate surface area is 120 Å². The lowest BCUT2D eigenvalue weighted by Gasteiger charge is -2.06. The zero-order valence-corrected chi connectivity index (χ0v) is 12.1. The highest BCUT2D eigenvalue weighted by Gasteiger charge is 2.18. The van der Waals surface area contributed by atoms with E-state index in [9.17, 15) is 18.3 Å². The fourth-order valence-corrected chi connectivity index (χ4v) is 3.75. The average Bonchev–Trinajstić information content (AvgIpc) is 2.87. The molecule has 20 heavy (non-hydrogen) atoms. The minimum atomic E-state index is -3.78. The molecule has 8 heteroatoms. The Morgan fingerprint density at radius 1 is 1.30 bits per heavy atom. The highest BCUT2D eigenvalue weighted by molar-refractivity contribution is 7.92. The molecule has 0 radical (unpaired) electrons. The van der Waals surface area contributed by atoms with Crippen LogP contribution < -0.4 is 10.0 Å². The van der Waals surface area contributed by atoms with Gasteiger partial charge < -0.3 is 10.4 Å². The summed E-state index contributed by atoms with van der Waals surface area (Å²) < 4.78 is 26.6. The Morgan fingerprint density at radius 2 is 2.05 bits per heavy atom. The minimum absolute atomic E-state index is 0.00411. The van der Waals surface area contributed by atoms with Gasteiger partial charge in [0, 0.05) is 18.5 Å². The first-order chi connectivity index (χ1) is 9.42. The molecule has 0 bridgehead atoms. The maximum atomic E-state index is 12.1. The fraction of sp³-hybridized carbons (Fsp3) is 0.0833. The number of phenols is 1. The predicted molar refractivity (Wildman–Crippen MR) is 76.6 cm³/mol. The molecule has 1 amide bonds. The summed E-state index contributed by atoms with van der Waals surface area (Å²) in [4.78, 5) is 11.7. The maximum Gasteiger partial charge on any atom is 0.262 e. The molecule has 0 aliphatic heterocycles. The first kappa shape index (κ1) is 14.4. The average molecular weight is 312 g/mol. The zero-order valence-electron chi connectivity index (χ0n) is 10.5. The lowest BCUT2D eigenvalue weighted by molar-refractivity contribution is 0.0967. The van der Waals surface area contributed by atoms with Crippen molar-refractivity contribution in [1.82, 2.24) is 5.32 Å². The highest BCUT2D eigenvalue weighted by atomic mass is 32.2. The second-order valence-electron chi connectivity index (χ2n) is 3.88. The molecule has 2 rings (SSSR count). The molecule has 0 aliphatic rings. The summed E-state index contributed by atoms with van der Waals surface area (Å²) in [7, 11) is -2.31. The van der Waals surface area contributed by atoms with Gasteiger partial charge in [-0.3, -0.25) is 9.52 Å². The number of hydrogen-bond acceptors (Lipinski definition) is 5. The standard InChI is InChI=1S/C12H12N2O4S2/c1-13-12(16)11-6-10(7-19-11)20(17,18)14-8-3-2-4-9(15)5-8/h2-7,14-15H,1H3,(H,13,16). The van der Waals surface area contributed by atoms with Crippen molar-refractivity contribution in [1.29, 1.82) is 0 Å². The molecule has 2 aromatic rings. The van der Waals surface area contributed by atoms with E-state index in [0.29, 0.717) is 4.88 Å². The minimum Gasteiger partial charge on any atom is -0.508 e. The zero-order chi connectivity index (χ0) is 14.8. The second-order valence-corrected chi connectivity index (χ2v) is 6.48. The van der Waals surface area contributed by atoms with Gasteiger partial charge >= 0.3 is 0 Å². The number of rotatable bonds is 4. The van der Waals surface area contributed by atoms with E-state index in [1.165, 1.54) is 42.8 Å². The van der Waals surface area contributed by atoms with Gasteiger partial charge in [0.15, 0.2) is 0 Å². The molecule has 0 atom stereocenters. The van der Waals surface area contributed by atoms with Crippen LogP contribution in [0.15, 0.2) is 40.6 Å². The van der Waals surface area contributed by atoms with Gasteiger partial charge in [0.2, 0.25) is 0 Å². The SMILES string of the molecule is CNC(=O)c1cc(S(=O)(=O)Nc2cccc(O)c2)cs1. The van der Waals surface area contributed by atoms with Crippen LogP contribution in [-0.2, 0) is 10.0 Å². The molecule has 1 aromatic carbocycles. The number of aromatic hydroxyl groups is 1. The molecule has 3 N–H and O–H groups in total. The molecule has 1 heterocycles. The summed E-state index contributed by atoms with van der Waals surface area (Å²) in [6.45, 7) is 0. The third-order valence-electron chi connectivity index (χ3n) is 2.43. The van der Waals surface area contributed by atoms with Gasteiger partial charge in [0.1, 0.15) is 5.75 Å². The van der Waals surface area contributed by atoms with Crippen molar-refractivity contribution in [2.24, 2.45) is 0 Å². The van der Waals surface area contributed by atoms with Crippen LogP contribution in [0.5, 0.6) is 5.75 Å². The van der Waals surface area contributed by atoms with E-state index in [1.54, 1.807) is 0 Å². The third kappa shape index (κ3) is 3.09. The van der Waals surface area contributed by atoms with E-state index in [1.807, 2.05) is 0 Å². The number of sulfonamides is 1. The Kier molecular flexibility index (Phi) is 3.96. The second kappa shape index (κ2) is 5.51. The largest absolute Gasteiger partial charge is 0.508 e. The van der Waals surface area contributed by atoms with E-state index in [2.05, 4.69) is 10.0 Å². The Bertz CT molecular complexity index is 737.